The second kappa shape index (κ2) is 8.89. The SMILES string of the molecule is O=C(COC(=O)c1cccc(S(=O)(=O)N2CCCC2)c1)Nc1ccc(F)cc1Cl. The van der Waals surface area contributed by atoms with Gasteiger partial charge in [-0.05, 0) is 49.2 Å². The first kappa shape index (κ1) is 21.2. The zero-order chi connectivity index (χ0) is 21.0. The third-order valence-electron chi connectivity index (χ3n) is 4.31. The molecule has 1 saturated heterocycles. The van der Waals surface area contributed by atoms with E-state index in [0.717, 1.165) is 25.0 Å². The average Bonchev–Trinajstić information content (AvgIpc) is 3.24. The topological polar surface area (TPSA) is 92.8 Å². The number of carbonyl (C=O) groups is 2. The van der Waals surface area contributed by atoms with E-state index in [0.29, 0.717) is 13.1 Å². The molecule has 1 aliphatic rings. The molecule has 0 spiro atoms. The Kier molecular flexibility index (Phi) is 6.51. The molecule has 1 amide bonds. The second-order valence-electron chi connectivity index (χ2n) is 6.39. The third kappa shape index (κ3) is 5.11. The average molecular weight is 441 g/mol. The van der Waals surface area contributed by atoms with Crippen LogP contribution in [0.3, 0.4) is 0 Å². The van der Waals surface area contributed by atoms with Crippen molar-refractivity contribution in [3.63, 3.8) is 0 Å². The summed E-state index contributed by atoms with van der Waals surface area (Å²) >= 11 is 5.82. The maximum Gasteiger partial charge on any atom is 0.338 e. The van der Waals surface area contributed by atoms with Crippen LogP contribution in [0.5, 0.6) is 0 Å². The van der Waals surface area contributed by atoms with Crippen LogP contribution in [0.4, 0.5) is 10.1 Å². The Morgan fingerprint density at radius 2 is 1.86 bits per heavy atom. The number of halogens is 2. The van der Waals surface area contributed by atoms with E-state index >= 15 is 0 Å². The Hall–Kier alpha value is -2.49. The number of carbonyl (C=O) groups excluding carboxylic acids is 2. The van der Waals surface area contributed by atoms with Crippen molar-refractivity contribution >= 4 is 39.2 Å². The lowest BCUT2D eigenvalue weighted by molar-refractivity contribution is -0.119. The van der Waals surface area contributed by atoms with Crippen LogP contribution < -0.4 is 5.32 Å². The lowest BCUT2D eigenvalue weighted by Crippen LogP contribution is -2.28. The second-order valence-corrected chi connectivity index (χ2v) is 8.73. The first-order valence-electron chi connectivity index (χ1n) is 8.79. The summed E-state index contributed by atoms with van der Waals surface area (Å²) in [7, 11) is -3.67. The smallest absolute Gasteiger partial charge is 0.338 e. The molecule has 0 bridgehead atoms. The monoisotopic (exact) mass is 440 g/mol. The van der Waals surface area contributed by atoms with Crippen LogP contribution in [0.1, 0.15) is 23.2 Å². The Bertz CT molecular complexity index is 1040. The first-order chi connectivity index (χ1) is 13.8. The number of nitrogens with one attached hydrogen (secondary N) is 1. The Balaban J connectivity index is 1.63. The number of rotatable bonds is 6. The van der Waals surface area contributed by atoms with Gasteiger partial charge in [0.05, 0.1) is 21.2 Å². The molecular weight excluding hydrogens is 423 g/mol. The molecule has 0 aromatic heterocycles. The van der Waals surface area contributed by atoms with Crippen LogP contribution in [0.25, 0.3) is 0 Å². The van der Waals surface area contributed by atoms with Crippen molar-refractivity contribution in [2.24, 2.45) is 0 Å². The van der Waals surface area contributed by atoms with Crippen LogP contribution in [-0.2, 0) is 19.6 Å². The normalized spacial score (nSPS) is 14.6. The molecule has 0 unspecified atom stereocenters. The van der Waals surface area contributed by atoms with E-state index in [1.54, 1.807) is 0 Å². The molecule has 0 saturated carbocycles. The fraction of sp³-hybridized carbons (Fsp3) is 0.263. The van der Waals surface area contributed by atoms with Crippen molar-refractivity contribution in [2.45, 2.75) is 17.7 Å². The highest BCUT2D eigenvalue weighted by Gasteiger charge is 2.27. The number of esters is 1. The number of hydrogen-bond acceptors (Lipinski definition) is 5. The molecule has 7 nitrogen and oxygen atoms in total. The lowest BCUT2D eigenvalue weighted by atomic mass is 10.2. The number of sulfonamides is 1. The molecular formula is C19H18ClFN2O5S. The van der Waals surface area contributed by atoms with E-state index in [-0.39, 0.29) is 21.2 Å². The van der Waals surface area contributed by atoms with Gasteiger partial charge in [-0.15, -0.1) is 0 Å². The molecule has 1 aliphatic heterocycles. The fourth-order valence-electron chi connectivity index (χ4n) is 2.85. The van der Waals surface area contributed by atoms with Gasteiger partial charge in [0.1, 0.15) is 5.82 Å². The fourth-order valence-corrected chi connectivity index (χ4v) is 4.63. The van der Waals surface area contributed by atoms with Gasteiger partial charge in [-0.2, -0.15) is 4.31 Å². The van der Waals surface area contributed by atoms with Gasteiger partial charge in [-0.25, -0.2) is 17.6 Å². The van der Waals surface area contributed by atoms with Gasteiger partial charge >= 0.3 is 5.97 Å². The molecule has 0 radical (unpaired) electrons. The van der Waals surface area contributed by atoms with Gasteiger partial charge in [0.25, 0.3) is 5.91 Å². The minimum Gasteiger partial charge on any atom is -0.452 e. The first-order valence-corrected chi connectivity index (χ1v) is 10.6. The van der Waals surface area contributed by atoms with E-state index in [1.165, 1.54) is 34.6 Å². The number of anilines is 1. The predicted molar refractivity (Wildman–Crippen MR) is 105 cm³/mol. The molecule has 154 valence electrons. The Labute approximate surface area is 172 Å². The molecule has 2 aromatic rings. The number of amides is 1. The summed E-state index contributed by atoms with van der Waals surface area (Å²) in [5.41, 5.74) is 0.186. The van der Waals surface area contributed by atoms with Crippen LogP contribution in [0.2, 0.25) is 5.02 Å². The molecule has 3 rings (SSSR count). The van der Waals surface area contributed by atoms with Crippen molar-refractivity contribution in [3.05, 3.63) is 58.9 Å². The zero-order valence-electron chi connectivity index (χ0n) is 15.2. The third-order valence-corrected chi connectivity index (χ3v) is 6.52. The van der Waals surface area contributed by atoms with Gasteiger partial charge in [-0.3, -0.25) is 4.79 Å². The molecule has 1 heterocycles. The number of ether oxygens (including phenoxy) is 1. The highest BCUT2D eigenvalue weighted by Crippen LogP contribution is 2.23. The minimum absolute atomic E-state index is 0.00334. The number of hydrogen-bond donors (Lipinski definition) is 1. The summed E-state index contributed by atoms with van der Waals surface area (Å²) in [4.78, 5) is 24.2. The summed E-state index contributed by atoms with van der Waals surface area (Å²) in [6.45, 7) is 0.280. The van der Waals surface area contributed by atoms with E-state index < -0.39 is 34.3 Å². The van der Waals surface area contributed by atoms with Crippen LogP contribution in [0, 0.1) is 5.82 Å². The van der Waals surface area contributed by atoms with E-state index in [9.17, 15) is 22.4 Å². The van der Waals surface area contributed by atoms with Gasteiger partial charge in [0.15, 0.2) is 6.61 Å². The number of benzene rings is 2. The highest BCUT2D eigenvalue weighted by molar-refractivity contribution is 7.89. The van der Waals surface area contributed by atoms with Gasteiger partial charge in [0.2, 0.25) is 10.0 Å². The van der Waals surface area contributed by atoms with Crippen molar-refractivity contribution < 1.29 is 27.1 Å². The van der Waals surface area contributed by atoms with E-state index in [1.807, 2.05) is 0 Å². The van der Waals surface area contributed by atoms with Crippen molar-refractivity contribution in [2.75, 3.05) is 25.0 Å². The summed E-state index contributed by atoms with van der Waals surface area (Å²) in [5, 5.41) is 2.40. The van der Waals surface area contributed by atoms with Crippen LogP contribution in [-0.4, -0.2) is 44.3 Å². The summed E-state index contributed by atoms with van der Waals surface area (Å²) in [6, 6.07) is 8.93. The minimum atomic E-state index is -3.67. The zero-order valence-corrected chi connectivity index (χ0v) is 16.8. The molecule has 10 heteroatoms. The molecule has 29 heavy (non-hydrogen) atoms. The Morgan fingerprint density at radius 3 is 2.55 bits per heavy atom. The predicted octanol–water partition coefficient (Wildman–Crippen LogP) is 3.06. The van der Waals surface area contributed by atoms with Gasteiger partial charge in [-0.1, -0.05) is 17.7 Å². The van der Waals surface area contributed by atoms with E-state index in [4.69, 9.17) is 16.3 Å². The molecule has 1 N–H and O–H groups in total. The Morgan fingerprint density at radius 1 is 1.14 bits per heavy atom. The quantitative estimate of drug-likeness (QED) is 0.697. The van der Waals surface area contributed by atoms with Gasteiger partial charge in [0, 0.05) is 13.1 Å². The highest BCUT2D eigenvalue weighted by atomic mass is 35.5. The molecule has 1 fully saturated rings. The summed E-state index contributed by atoms with van der Waals surface area (Å²) < 4.78 is 44.6. The standard InChI is InChI=1S/C19H18ClFN2O5S/c20-16-11-14(21)6-7-17(16)22-18(24)12-28-19(25)13-4-3-5-15(10-13)29(26,27)23-8-1-2-9-23/h3-7,10-11H,1-2,8-9,12H2,(H,22,24). The van der Waals surface area contributed by atoms with Crippen molar-refractivity contribution in [1.29, 1.82) is 0 Å². The lowest BCUT2D eigenvalue weighted by Gasteiger charge is -2.15. The van der Waals surface area contributed by atoms with Crippen molar-refractivity contribution in [3.8, 4) is 0 Å². The summed E-state index contributed by atoms with van der Waals surface area (Å²) in [5.74, 6) is -2.07. The van der Waals surface area contributed by atoms with Crippen LogP contribution >= 0.6 is 11.6 Å². The maximum atomic E-state index is 13.0. The molecule has 0 atom stereocenters. The largest absolute Gasteiger partial charge is 0.452 e. The van der Waals surface area contributed by atoms with Gasteiger partial charge < -0.3 is 10.1 Å². The maximum absolute atomic E-state index is 13.0. The molecule has 2 aromatic carbocycles. The van der Waals surface area contributed by atoms with Crippen molar-refractivity contribution in [1.82, 2.24) is 4.31 Å². The summed E-state index contributed by atoms with van der Waals surface area (Å²) in [6.07, 6.45) is 1.60. The molecule has 0 aliphatic carbocycles. The van der Waals surface area contributed by atoms with E-state index in [2.05, 4.69) is 5.32 Å². The number of nitrogens with zero attached hydrogens (tertiary/aromatic N) is 1. The van der Waals surface area contributed by atoms with Crippen LogP contribution in [0.15, 0.2) is 47.4 Å².